The standard InChI is InChI=1S/C16H15N3O2/c1-3-21-16(20)13(10-17)9-14-11-19(18-12(14)2)15-7-5-4-6-8-15/h4-9,11H,3H2,1-2H3. The average molecular weight is 281 g/mol. The highest BCUT2D eigenvalue weighted by atomic mass is 16.5. The molecule has 0 saturated heterocycles. The van der Waals surface area contributed by atoms with E-state index in [-0.39, 0.29) is 12.2 Å². The van der Waals surface area contributed by atoms with E-state index in [0.29, 0.717) is 5.56 Å². The van der Waals surface area contributed by atoms with Gasteiger partial charge in [-0.15, -0.1) is 0 Å². The molecule has 2 aromatic rings. The Morgan fingerprint density at radius 2 is 2.14 bits per heavy atom. The van der Waals surface area contributed by atoms with E-state index >= 15 is 0 Å². The third-order valence-corrected chi connectivity index (χ3v) is 2.87. The monoisotopic (exact) mass is 281 g/mol. The molecule has 2 rings (SSSR count). The molecule has 0 aliphatic heterocycles. The summed E-state index contributed by atoms with van der Waals surface area (Å²) >= 11 is 0. The lowest BCUT2D eigenvalue weighted by atomic mass is 10.1. The molecular weight excluding hydrogens is 266 g/mol. The second-order valence-corrected chi connectivity index (χ2v) is 4.34. The fourth-order valence-electron chi connectivity index (χ4n) is 1.83. The first-order valence-corrected chi connectivity index (χ1v) is 6.56. The second kappa shape index (κ2) is 6.53. The van der Waals surface area contributed by atoms with Crippen LogP contribution >= 0.6 is 0 Å². The Morgan fingerprint density at radius 3 is 2.76 bits per heavy atom. The number of nitrogens with zero attached hydrogens (tertiary/aromatic N) is 3. The fourth-order valence-corrected chi connectivity index (χ4v) is 1.83. The molecule has 5 heteroatoms. The number of aromatic nitrogens is 2. The lowest BCUT2D eigenvalue weighted by Gasteiger charge is -1.99. The fraction of sp³-hybridized carbons (Fsp3) is 0.188. The Hall–Kier alpha value is -2.87. The molecule has 21 heavy (non-hydrogen) atoms. The summed E-state index contributed by atoms with van der Waals surface area (Å²) in [6.45, 7) is 3.76. The molecule has 0 bridgehead atoms. The molecule has 5 nitrogen and oxygen atoms in total. The van der Waals surface area contributed by atoms with Gasteiger partial charge in [-0.3, -0.25) is 0 Å². The van der Waals surface area contributed by atoms with E-state index in [1.807, 2.05) is 43.3 Å². The number of carbonyl (C=O) groups excluding carboxylic acids is 1. The summed E-state index contributed by atoms with van der Waals surface area (Å²) in [4.78, 5) is 11.6. The molecular formula is C16H15N3O2. The molecule has 106 valence electrons. The van der Waals surface area contributed by atoms with Crippen LogP contribution in [0.15, 0.2) is 42.1 Å². The number of para-hydroxylation sites is 1. The molecule has 0 saturated carbocycles. The first kappa shape index (κ1) is 14.5. The van der Waals surface area contributed by atoms with Crippen LogP contribution < -0.4 is 0 Å². The number of esters is 1. The molecule has 0 fully saturated rings. The van der Waals surface area contributed by atoms with Crippen LogP contribution in [0.3, 0.4) is 0 Å². The Labute approximate surface area is 123 Å². The van der Waals surface area contributed by atoms with Gasteiger partial charge in [-0.1, -0.05) is 18.2 Å². The van der Waals surface area contributed by atoms with E-state index in [1.54, 1.807) is 17.8 Å². The van der Waals surface area contributed by atoms with Crippen LogP contribution in [0.25, 0.3) is 11.8 Å². The summed E-state index contributed by atoms with van der Waals surface area (Å²) in [5.74, 6) is -0.619. The largest absolute Gasteiger partial charge is 0.462 e. The van der Waals surface area contributed by atoms with Crippen molar-refractivity contribution in [2.75, 3.05) is 6.61 Å². The highest BCUT2D eigenvalue weighted by Gasteiger charge is 2.12. The zero-order valence-electron chi connectivity index (χ0n) is 11.9. The van der Waals surface area contributed by atoms with Crippen LogP contribution in [-0.4, -0.2) is 22.4 Å². The summed E-state index contributed by atoms with van der Waals surface area (Å²) in [7, 11) is 0. The van der Waals surface area contributed by atoms with Crippen LogP contribution in [0.1, 0.15) is 18.2 Å². The Morgan fingerprint density at radius 1 is 1.43 bits per heavy atom. The summed E-state index contributed by atoms with van der Waals surface area (Å²) in [5.41, 5.74) is 2.32. The van der Waals surface area contributed by atoms with Crippen LogP contribution in [0.5, 0.6) is 0 Å². The van der Waals surface area contributed by atoms with Crippen molar-refractivity contribution in [3.63, 3.8) is 0 Å². The lowest BCUT2D eigenvalue weighted by Crippen LogP contribution is -2.06. The van der Waals surface area contributed by atoms with Crippen LogP contribution in [0, 0.1) is 18.3 Å². The van der Waals surface area contributed by atoms with Gasteiger partial charge in [-0.05, 0) is 32.1 Å². The van der Waals surface area contributed by atoms with Crippen LogP contribution in [-0.2, 0) is 9.53 Å². The predicted octanol–water partition coefficient (Wildman–Crippen LogP) is 2.65. The van der Waals surface area contributed by atoms with Crippen molar-refractivity contribution in [3.8, 4) is 11.8 Å². The minimum absolute atomic E-state index is 0.0347. The number of ether oxygens (including phenoxy) is 1. The highest BCUT2D eigenvalue weighted by Crippen LogP contribution is 2.15. The smallest absolute Gasteiger partial charge is 0.348 e. The Balaban J connectivity index is 2.35. The molecule has 0 aliphatic rings. The Kier molecular flexibility index (Phi) is 4.52. The molecule has 0 radical (unpaired) electrons. The maximum absolute atomic E-state index is 11.6. The molecule has 0 unspecified atom stereocenters. The molecule has 1 heterocycles. The SMILES string of the molecule is CCOC(=O)C(C#N)=Cc1cn(-c2ccccc2)nc1C. The van der Waals surface area contributed by atoms with Gasteiger partial charge in [0.15, 0.2) is 0 Å². The van der Waals surface area contributed by atoms with Gasteiger partial charge in [0.2, 0.25) is 0 Å². The number of hydrogen-bond acceptors (Lipinski definition) is 4. The van der Waals surface area contributed by atoms with Crippen LogP contribution in [0.4, 0.5) is 0 Å². The number of nitriles is 1. The molecule has 0 spiro atoms. The number of hydrogen-bond donors (Lipinski definition) is 0. The minimum Gasteiger partial charge on any atom is -0.462 e. The topological polar surface area (TPSA) is 67.9 Å². The molecule has 0 atom stereocenters. The third kappa shape index (κ3) is 3.37. The van der Waals surface area contributed by atoms with E-state index in [1.165, 1.54) is 6.08 Å². The van der Waals surface area contributed by atoms with Crippen molar-refractivity contribution >= 4 is 12.0 Å². The van der Waals surface area contributed by atoms with Crippen molar-refractivity contribution in [3.05, 3.63) is 53.4 Å². The van der Waals surface area contributed by atoms with E-state index in [2.05, 4.69) is 5.10 Å². The first-order valence-electron chi connectivity index (χ1n) is 6.56. The Bertz CT molecular complexity index is 709. The molecule has 0 N–H and O–H groups in total. The van der Waals surface area contributed by atoms with Gasteiger partial charge in [-0.25, -0.2) is 9.48 Å². The van der Waals surface area contributed by atoms with Crippen molar-refractivity contribution < 1.29 is 9.53 Å². The van der Waals surface area contributed by atoms with Gasteiger partial charge in [0.05, 0.1) is 18.0 Å². The molecule has 1 aromatic heterocycles. The number of aryl methyl sites for hydroxylation is 1. The van der Waals surface area contributed by atoms with Crippen LogP contribution in [0.2, 0.25) is 0 Å². The molecule has 0 aliphatic carbocycles. The highest BCUT2D eigenvalue weighted by molar-refractivity contribution is 5.97. The maximum atomic E-state index is 11.6. The second-order valence-electron chi connectivity index (χ2n) is 4.34. The van der Waals surface area contributed by atoms with Crippen molar-refractivity contribution in [1.82, 2.24) is 9.78 Å². The zero-order chi connectivity index (χ0) is 15.2. The van der Waals surface area contributed by atoms with E-state index < -0.39 is 5.97 Å². The maximum Gasteiger partial charge on any atom is 0.348 e. The summed E-state index contributed by atoms with van der Waals surface area (Å²) in [6, 6.07) is 11.5. The van der Waals surface area contributed by atoms with E-state index in [0.717, 1.165) is 11.4 Å². The third-order valence-electron chi connectivity index (χ3n) is 2.87. The van der Waals surface area contributed by atoms with Crippen molar-refractivity contribution in [2.45, 2.75) is 13.8 Å². The normalized spacial score (nSPS) is 11.0. The number of rotatable bonds is 4. The van der Waals surface area contributed by atoms with Gasteiger partial charge < -0.3 is 4.74 Å². The van der Waals surface area contributed by atoms with Crippen molar-refractivity contribution in [1.29, 1.82) is 5.26 Å². The van der Waals surface area contributed by atoms with Gasteiger partial charge in [0.1, 0.15) is 11.6 Å². The first-order chi connectivity index (χ1) is 10.2. The minimum atomic E-state index is -0.619. The number of carbonyl (C=O) groups is 1. The summed E-state index contributed by atoms with van der Waals surface area (Å²) in [5, 5.41) is 13.4. The quantitative estimate of drug-likeness (QED) is 0.491. The van der Waals surface area contributed by atoms with Gasteiger partial charge in [-0.2, -0.15) is 10.4 Å². The van der Waals surface area contributed by atoms with Gasteiger partial charge >= 0.3 is 5.97 Å². The summed E-state index contributed by atoms with van der Waals surface area (Å²) < 4.78 is 6.55. The predicted molar refractivity (Wildman–Crippen MR) is 78.5 cm³/mol. The van der Waals surface area contributed by atoms with E-state index in [4.69, 9.17) is 10.00 Å². The van der Waals surface area contributed by atoms with Crippen molar-refractivity contribution in [2.24, 2.45) is 0 Å². The van der Waals surface area contributed by atoms with Gasteiger partial charge in [0, 0.05) is 11.8 Å². The number of benzene rings is 1. The lowest BCUT2D eigenvalue weighted by molar-refractivity contribution is -0.137. The average Bonchev–Trinajstić information content (AvgIpc) is 2.87. The van der Waals surface area contributed by atoms with E-state index in [9.17, 15) is 4.79 Å². The molecule has 1 aromatic carbocycles. The zero-order valence-corrected chi connectivity index (χ0v) is 11.9. The molecule has 0 amide bonds. The summed E-state index contributed by atoms with van der Waals surface area (Å²) in [6.07, 6.45) is 3.28. The van der Waals surface area contributed by atoms with Gasteiger partial charge in [0.25, 0.3) is 0 Å².